The Morgan fingerprint density at radius 1 is 0.800 bits per heavy atom. The van der Waals surface area contributed by atoms with Crippen molar-refractivity contribution in [3.8, 4) is 0 Å². The predicted molar refractivity (Wildman–Crippen MR) is 81.6 cm³/mol. The number of methoxy groups -OCH3 is 2. The summed E-state index contributed by atoms with van der Waals surface area (Å²) in [6.07, 6.45) is 0. The van der Waals surface area contributed by atoms with Crippen LogP contribution in [0.1, 0.15) is 16.7 Å². The Labute approximate surface area is 120 Å². The molecular formula is C17H21NO2. The maximum Gasteiger partial charge on any atom is 0.0713 e. The molecule has 0 aliphatic carbocycles. The largest absolute Gasteiger partial charge is 0.381 e. The first kappa shape index (κ1) is 14.6. The molecule has 0 aliphatic rings. The van der Waals surface area contributed by atoms with E-state index >= 15 is 0 Å². The van der Waals surface area contributed by atoms with Gasteiger partial charge in [-0.3, -0.25) is 0 Å². The smallest absolute Gasteiger partial charge is 0.0713 e. The molecule has 1 N–H and O–H groups in total. The molecule has 0 radical (unpaired) electrons. The maximum absolute atomic E-state index is 5.14. The van der Waals surface area contributed by atoms with E-state index in [0.29, 0.717) is 13.2 Å². The van der Waals surface area contributed by atoms with Crippen LogP contribution in [-0.2, 0) is 29.2 Å². The summed E-state index contributed by atoms with van der Waals surface area (Å²) in [5.41, 5.74) is 4.73. The molecule has 0 amide bonds. The number of benzene rings is 2. The molecule has 0 aromatic heterocycles. The summed E-state index contributed by atoms with van der Waals surface area (Å²) in [5.74, 6) is 0. The first-order valence-electron chi connectivity index (χ1n) is 6.70. The lowest BCUT2D eigenvalue weighted by Crippen LogP contribution is -2.00. The minimum atomic E-state index is 0.640. The van der Waals surface area contributed by atoms with Crippen molar-refractivity contribution in [3.05, 3.63) is 65.2 Å². The molecule has 2 aromatic rings. The van der Waals surface area contributed by atoms with E-state index in [1.165, 1.54) is 16.7 Å². The summed E-state index contributed by atoms with van der Waals surface area (Å²) in [7, 11) is 3.42. The molecular weight excluding hydrogens is 250 g/mol. The average molecular weight is 271 g/mol. The van der Waals surface area contributed by atoms with Crippen molar-refractivity contribution in [1.29, 1.82) is 0 Å². The lowest BCUT2D eigenvalue weighted by molar-refractivity contribution is 0.185. The third kappa shape index (κ3) is 4.37. The molecule has 0 saturated heterocycles. The van der Waals surface area contributed by atoms with Gasteiger partial charge in [-0.2, -0.15) is 0 Å². The van der Waals surface area contributed by atoms with Crippen molar-refractivity contribution >= 4 is 5.69 Å². The van der Waals surface area contributed by atoms with Gasteiger partial charge in [0.25, 0.3) is 0 Å². The molecule has 2 rings (SSSR count). The molecule has 0 aliphatic heterocycles. The van der Waals surface area contributed by atoms with E-state index in [1.807, 2.05) is 6.07 Å². The fourth-order valence-corrected chi connectivity index (χ4v) is 2.06. The second kappa shape index (κ2) is 7.68. The van der Waals surface area contributed by atoms with Crippen molar-refractivity contribution in [3.63, 3.8) is 0 Å². The highest BCUT2D eigenvalue weighted by molar-refractivity contribution is 5.46. The van der Waals surface area contributed by atoms with Gasteiger partial charge < -0.3 is 14.8 Å². The van der Waals surface area contributed by atoms with Crippen LogP contribution in [0.15, 0.2) is 48.5 Å². The number of hydrogen-bond donors (Lipinski definition) is 1. The summed E-state index contributed by atoms with van der Waals surface area (Å²) in [4.78, 5) is 0. The van der Waals surface area contributed by atoms with Gasteiger partial charge in [-0.1, -0.05) is 36.4 Å². The SMILES string of the molecule is COCc1ccc(CNc2cccc(COC)c2)cc1. The molecule has 0 spiro atoms. The van der Waals surface area contributed by atoms with Crippen LogP contribution in [-0.4, -0.2) is 14.2 Å². The van der Waals surface area contributed by atoms with Crippen LogP contribution in [0, 0.1) is 0 Å². The quantitative estimate of drug-likeness (QED) is 0.834. The van der Waals surface area contributed by atoms with Crippen LogP contribution in [0.3, 0.4) is 0 Å². The molecule has 2 aromatic carbocycles. The second-order valence-corrected chi connectivity index (χ2v) is 4.74. The molecule has 0 unspecified atom stereocenters. The van der Waals surface area contributed by atoms with Gasteiger partial charge in [-0.15, -0.1) is 0 Å². The third-order valence-electron chi connectivity index (χ3n) is 3.07. The zero-order valence-electron chi connectivity index (χ0n) is 12.1. The Hall–Kier alpha value is -1.84. The zero-order valence-corrected chi connectivity index (χ0v) is 12.1. The number of hydrogen-bond acceptors (Lipinski definition) is 3. The highest BCUT2D eigenvalue weighted by Gasteiger charge is 1.97. The van der Waals surface area contributed by atoms with E-state index in [2.05, 4.69) is 47.8 Å². The molecule has 0 bridgehead atoms. The zero-order chi connectivity index (χ0) is 14.2. The minimum absolute atomic E-state index is 0.640. The van der Waals surface area contributed by atoms with Crippen molar-refractivity contribution in [2.75, 3.05) is 19.5 Å². The van der Waals surface area contributed by atoms with Gasteiger partial charge in [0, 0.05) is 26.5 Å². The number of ether oxygens (including phenoxy) is 2. The highest BCUT2D eigenvalue weighted by atomic mass is 16.5. The maximum atomic E-state index is 5.14. The number of rotatable bonds is 7. The summed E-state index contributed by atoms with van der Waals surface area (Å²) in [6, 6.07) is 16.7. The molecule has 20 heavy (non-hydrogen) atoms. The molecule has 0 saturated carbocycles. The molecule has 3 heteroatoms. The van der Waals surface area contributed by atoms with E-state index in [0.717, 1.165) is 12.2 Å². The van der Waals surface area contributed by atoms with E-state index in [-0.39, 0.29) is 0 Å². The van der Waals surface area contributed by atoms with Crippen molar-refractivity contribution < 1.29 is 9.47 Å². The summed E-state index contributed by atoms with van der Waals surface area (Å²) in [6.45, 7) is 2.11. The Balaban J connectivity index is 1.92. The fraction of sp³-hybridized carbons (Fsp3) is 0.294. The molecule has 3 nitrogen and oxygen atoms in total. The van der Waals surface area contributed by atoms with Crippen LogP contribution in [0.4, 0.5) is 5.69 Å². The lowest BCUT2D eigenvalue weighted by atomic mass is 10.1. The van der Waals surface area contributed by atoms with Gasteiger partial charge in [0.05, 0.1) is 13.2 Å². The van der Waals surface area contributed by atoms with Crippen molar-refractivity contribution in [2.45, 2.75) is 19.8 Å². The van der Waals surface area contributed by atoms with E-state index in [4.69, 9.17) is 9.47 Å². The Morgan fingerprint density at radius 2 is 1.45 bits per heavy atom. The van der Waals surface area contributed by atoms with Gasteiger partial charge in [-0.05, 0) is 28.8 Å². The summed E-state index contributed by atoms with van der Waals surface area (Å²) in [5, 5.41) is 3.42. The van der Waals surface area contributed by atoms with Crippen LogP contribution < -0.4 is 5.32 Å². The van der Waals surface area contributed by atoms with Crippen molar-refractivity contribution in [2.24, 2.45) is 0 Å². The van der Waals surface area contributed by atoms with E-state index in [1.54, 1.807) is 14.2 Å². The Morgan fingerprint density at radius 3 is 2.15 bits per heavy atom. The van der Waals surface area contributed by atoms with Crippen LogP contribution in [0.25, 0.3) is 0 Å². The highest BCUT2D eigenvalue weighted by Crippen LogP contribution is 2.13. The Kier molecular flexibility index (Phi) is 5.59. The van der Waals surface area contributed by atoms with Gasteiger partial charge in [0.1, 0.15) is 0 Å². The van der Waals surface area contributed by atoms with Gasteiger partial charge >= 0.3 is 0 Å². The lowest BCUT2D eigenvalue weighted by Gasteiger charge is -2.09. The monoisotopic (exact) mass is 271 g/mol. The normalized spacial score (nSPS) is 10.5. The third-order valence-corrected chi connectivity index (χ3v) is 3.07. The molecule has 0 fully saturated rings. The van der Waals surface area contributed by atoms with Gasteiger partial charge in [0.15, 0.2) is 0 Å². The molecule has 106 valence electrons. The second-order valence-electron chi connectivity index (χ2n) is 4.74. The first-order valence-corrected chi connectivity index (χ1v) is 6.70. The summed E-state index contributed by atoms with van der Waals surface area (Å²) < 4.78 is 10.2. The van der Waals surface area contributed by atoms with Crippen LogP contribution in [0.2, 0.25) is 0 Å². The van der Waals surface area contributed by atoms with Gasteiger partial charge in [-0.25, -0.2) is 0 Å². The molecule has 0 heterocycles. The number of nitrogens with one attached hydrogen (secondary N) is 1. The first-order chi connectivity index (χ1) is 9.81. The topological polar surface area (TPSA) is 30.5 Å². The average Bonchev–Trinajstić information content (AvgIpc) is 2.48. The fourth-order valence-electron chi connectivity index (χ4n) is 2.06. The Bertz CT molecular complexity index is 523. The van der Waals surface area contributed by atoms with Crippen LogP contribution >= 0.6 is 0 Å². The van der Waals surface area contributed by atoms with Crippen molar-refractivity contribution in [1.82, 2.24) is 0 Å². The number of anilines is 1. The molecule has 0 atom stereocenters. The standard InChI is InChI=1S/C17H21NO2/c1-19-12-15-8-6-14(7-9-15)11-18-17-5-3-4-16(10-17)13-20-2/h3-10,18H,11-13H2,1-2H3. The van der Waals surface area contributed by atoms with Crippen LogP contribution in [0.5, 0.6) is 0 Å². The minimum Gasteiger partial charge on any atom is -0.381 e. The predicted octanol–water partition coefficient (Wildman–Crippen LogP) is 3.59. The summed E-state index contributed by atoms with van der Waals surface area (Å²) >= 11 is 0. The van der Waals surface area contributed by atoms with E-state index < -0.39 is 0 Å². The van der Waals surface area contributed by atoms with Gasteiger partial charge in [0.2, 0.25) is 0 Å². The van der Waals surface area contributed by atoms with E-state index in [9.17, 15) is 0 Å².